The zero-order valence-electron chi connectivity index (χ0n) is 12.3. The number of hydrogen-bond donors (Lipinski definition) is 3. The molecule has 1 saturated heterocycles. The molecule has 21 heavy (non-hydrogen) atoms. The van der Waals surface area contributed by atoms with Gasteiger partial charge in [0.05, 0.1) is 18.9 Å². The third-order valence-electron chi connectivity index (χ3n) is 3.71. The van der Waals surface area contributed by atoms with E-state index in [1.807, 2.05) is 0 Å². The summed E-state index contributed by atoms with van der Waals surface area (Å²) < 4.78 is 5.20. The van der Waals surface area contributed by atoms with Crippen molar-refractivity contribution in [2.45, 2.75) is 25.4 Å². The second-order valence-electron chi connectivity index (χ2n) is 5.33. The fraction of sp³-hybridized carbons (Fsp3) is 0.533. The minimum atomic E-state index is -0.188. The number of aliphatic hydroxyl groups excluding tert-OH is 1. The molecule has 0 atom stereocenters. The van der Waals surface area contributed by atoms with Crippen LogP contribution < -0.4 is 15.8 Å². The van der Waals surface area contributed by atoms with Crippen molar-refractivity contribution in [1.29, 1.82) is 0 Å². The fourth-order valence-electron chi connectivity index (χ4n) is 2.44. The van der Waals surface area contributed by atoms with Gasteiger partial charge < -0.3 is 25.8 Å². The van der Waals surface area contributed by atoms with Crippen molar-refractivity contribution >= 4 is 17.3 Å². The molecular formula is C15H23N3O3. The molecule has 0 radical (unpaired) electrons. The van der Waals surface area contributed by atoms with Gasteiger partial charge in [-0.25, -0.2) is 0 Å². The first-order valence-electron chi connectivity index (χ1n) is 7.22. The highest BCUT2D eigenvalue weighted by atomic mass is 16.5. The van der Waals surface area contributed by atoms with E-state index in [0.717, 1.165) is 25.9 Å². The second kappa shape index (κ2) is 7.28. The largest absolute Gasteiger partial charge is 0.495 e. The number of rotatable bonds is 5. The Labute approximate surface area is 124 Å². The topological polar surface area (TPSA) is 87.8 Å². The maximum absolute atomic E-state index is 12.0. The Morgan fingerprint density at radius 3 is 2.86 bits per heavy atom. The summed E-state index contributed by atoms with van der Waals surface area (Å²) in [5.41, 5.74) is 6.90. The van der Waals surface area contributed by atoms with E-state index in [1.54, 1.807) is 25.3 Å². The van der Waals surface area contributed by atoms with Crippen LogP contribution in [0.1, 0.15) is 19.3 Å². The highest BCUT2D eigenvalue weighted by Crippen LogP contribution is 2.26. The predicted octanol–water partition coefficient (Wildman–Crippen LogP) is 1.06. The van der Waals surface area contributed by atoms with Gasteiger partial charge in [0.25, 0.3) is 0 Å². The average Bonchev–Trinajstić information content (AvgIpc) is 2.47. The van der Waals surface area contributed by atoms with Crippen LogP contribution in [0.15, 0.2) is 18.2 Å². The number of methoxy groups -OCH3 is 1. The first-order valence-corrected chi connectivity index (χ1v) is 7.22. The molecule has 116 valence electrons. The van der Waals surface area contributed by atoms with Crippen LogP contribution in [0.4, 0.5) is 11.4 Å². The Balaban J connectivity index is 1.83. The van der Waals surface area contributed by atoms with Crippen LogP contribution in [0.25, 0.3) is 0 Å². The Bertz CT molecular complexity index is 485. The lowest BCUT2D eigenvalue weighted by Crippen LogP contribution is -2.37. The van der Waals surface area contributed by atoms with E-state index in [1.165, 1.54) is 0 Å². The van der Waals surface area contributed by atoms with Gasteiger partial charge in [-0.2, -0.15) is 0 Å². The standard InChI is InChI=1S/C15H23N3O3/c1-21-14-3-2-11(16)10-13(14)17-15(20)6-9-18-7-4-12(19)5-8-18/h2-3,10,12,19H,4-9,16H2,1H3,(H,17,20). The van der Waals surface area contributed by atoms with Crippen LogP contribution in [0.5, 0.6) is 5.75 Å². The zero-order valence-corrected chi connectivity index (χ0v) is 12.3. The Hall–Kier alpha value is -1.79. The number of nitrogens with zero attached hydrogens (tertiary/aromatic N) is 1. The normalized spacial score (nSPS) is 16.7. The number of amides is 1. The molecule has 6 heteroatoms. The van der Waals surface area contributed by atoms with E-state index in [2.05, 4.69) is 10.2 Å². The first kappa shape index (κ1) is 15.6. The summed E-state index contributed by atoms with van der Waals surface area (Å²) >= 11 is 0. The molecule has 1 aliphatic heterocycles. The number of likely N-dealkylation sites (tertiary alicyclic amines) is 1. The second-order valence-corrected chi connectivity index (χ2v) is 5.33. The molecule has 1 aromatic carbocycles. The Kier molecular flexibility index (Phi) is 5.41. The molecular weight excluding hydrogens is 270 g/mol. The molecule has 0 bridgehead atoms. The van der Waals surface area contributed by atoms with Crippen LogP contribution in [0, 0.1) is 0 Å². The number of carbonyl (C=O) groups is 1. The van der Waals surface area contributed by atoms with E-state index in [0.29, 0.717) is 30.1 Å². The number of nitrogens with one attached hydrogen (secondary N) is 1. The Morgan fingerprint density at radius 2 is 2.19 bits per heavy atom. The monoisotopic (exact) mass is 293 g/mol. The number of ether oxygens (including phenoxy) is 1. The molecule has 0 aromatic heterocycles. The number of nitrogen functional groups attached to an aromatic ring is 1. The molecule has 1 heterocycles. The summed E-state index contributed by atoms with van der Waals surface area (Å²) in [5, 5.41) is 12.3. The molecule has 1 aromatic rings. The van der Waals surface area contributed by atoms with E-state index in [4.69, 9.17) is 10.5 Å². The Morgan fingerprint density at radius 1 is 1.48 bits per heavy atom. The number of hydrogen-bond acceptors (Lipinski definition) is 5. The quantitative estimate of drug-likeness (QED) is 0.707. The molecule has 1 fully saturated rings. The summed E-state index contributed by atoms with van der Waals surface area (Å²) in [6.45, 7) is 2.38. The smallest absolute Gasteiger partial charge is 0.225 e. The van der Waals surface area contributed by atoms with Gasteiger partial charge in [0.1, 0.15) is 5.75 Å². The number of piperidine rings is 1. The van der Waals surface area contributed by atoms with Gasteiger partial charge in [-0.05, 0) is 31.0 Å². The van der Waals surface area contributed by atoms with Gasteiger partial charge in [-0.15, -0.1) is 0 Å². The van der Waals surface area contributed by atoms with E-state index in [-0.39, 0.29) is 12.0 Å². The summed E-state index contributed by atoms with van der Waals surface area (Å²) in [6, 6.07) is 5.15. The maximum atomic E-state index is 12.0. The van der Waals surface area contributed by atoms with Crippen molar-refractivity contribution in [1.82, 2.24) is 4.90 Å². The summed E-state index contributed by atoms with van der Waals surface area (Å²) in [6.07, 6.45) is 1.79. The lowest BCUT2D eigenvalue weighted by atomic mass is 10.1. The van der Waals surface area contributed by atoms with E-state index in [9.17, 15) is 9.90 Å². The number of benzene rings is 1. The van der Waals surface area contributed by atoms with Crippen molar-refractivity contribution in [3.63, 3.8) is 0 Å². The van der Waals surface area contributed by atoms with Gasteiger partial charge in [0.2, 0.25) is 5.91 Å². The van der Waals surface area contributed by atoms with Gasteiger partial charge in [0, 0.05) is 31.7 Å². The number of anilines is 2. The average molecular weight is 293 g/mol. The summed E-state index contributed by atoms with van der Waals surface area (Å²) in [7, 11) is 1.56. The molecule has 0 spiro atoms. The lowest BCUT2D eigenvalue weighted by Gasteiger charge is -2.29. The first-order chi connectivity index (χ1) is 10.1. The van der Waals surface area contributed by atoms with E-state index < -0.39 is 0 Å². The van der Waals surface area contributed by atoms with Crippen LogP contribution in [0.3, 0.4) is 0 Å². The third-order valence-corrected chi connectivity index (χ3v) is 3.71. The zero-order chi connectivity index (χ0) is 15.2. The van der Waals surface area contributed by atoms with Crippen LogP contribution in [-0.2, 0) is 4.79 Å². The fourth-order valence-corrected chi connectivity index (χ4v) is 2.44. The van der Waals surface area contributed by atoms with Crippen molar-refractivity contribution in [3.05, 3.63) is 18.2 Å². The van der Waals surface area contributed by atoms with Gasteiger partial charge >= 0.3 is 0 Å². The van der Waals surface area contributed by atoms with Crippen molar-refractivity contribution in [2.24, 2.45) is 0 Å². The maximum Gasteiger partial charge on any atom is 0.225 e. The third kappa shape index (κ3) is 4.61. The highest BCUT2D eigenvalue weighted by Gasteiger charge is 2.17. The molecule has 6 nitrogen and oxygen atoms in total. The minimum Gasteiger partial charge on any atom is -0.495 e. The van der Waals surface area contributed by atoms with Crippen LogP contribution in [0.2, 0.25) is 0 Å². The van der Waals surface area contributed by atoms with Gasteiger partial charge in [-0.1, -0.05) is 0 Å². The molecule has 4 N–H and O–H groups in total. The summed E-state index contributed by atoms with van der Waals surface area (Å²) in [5.74, 6) is 0.531. The van der Waals surface area contributed by atoms with Crippen LogP contribution in [-0.4, -0.2) is 48.8 Å². The van der Waals surface area contributed by atoms with Crippen LogP contribution >= 0.6 is 0 Å². The van der Waals surface area contributed by atoms with Gasteiger partial charge in [-0.3, -0.25) is 4.79 Å². The van der Waals surface area contributed by atoms with E-state index >= 15 is 0 Å². The lowest BCUT2D eigenvalue weighted by molar-refractivity contribution is -0.116. The molecule has 1 amide bonds. The number of aliphatic hydroxyl groups is 1. The minimum absolute atomic E-state index is 0.0648. The van der Waals surface area contributed by atoms with Crippen molar-refractivity contribution in [3.8, 4) is 5.75 Å². The number of carbonyl (C=O) groups excluding carboxylic acids is 1. The molecule has 1 aliphatic rings. The molecule has 0 aliphatic carbocycles. The molecule has 2 rings (SSSR count). The predicted molar refractivity (Wildman–Crippen MR) is 82.3 cm³/mol. The molecule has 0 unspecified atom stereocenters. The number of nitrogens with two attached hydrogens (primary N) is 1. The highest BCUT2D eigenvalue weighted by molar-refractivity contribution is 5.93. The summed E-state index contributed by atoms with van der Waals surface area (Å²) in [4.78, 5) is 14.2. The van der Waals surface area contributed by atoms with Crippen molar-refractivity contribution < 1.29 is 14.6 Å². The molecule has 0 saturated carbocycles. The van der Waals surface area contributed by atoms with Gasteiger partial charge in [0.15, 0.2) is 0 Å². The van der Waals surface area contributed by atoms with Crippen molar-refractivity contribution in [2.75, 3.05) is 37.8 Å². The SMILES string of the molecule is COc1ccc(N)cc1NC(=O)CCN1CCC(O)CC1.